The van der Waals surface area contributed by atoms with E-state index in [1.807, 2.05) is 50.2 Å². The number of ether oxygens (including phenoxy) is 1. The first-order valence-corrected chi connectivity index (χ1v) is 8.47. The molecule has 0 aliphatic rings. The van der Waals surface area contributed by atoms with E-state index in [1.165, 1.54) is 11.3 Å². The molecule has 2 rings (SSSR count). The fraction of sp³-hybridized carbons (Fsp3) is 0.333. The third-order valence-electron chi connectivity index (χ3n) is 3.26. The van der Waals surface area contributed by atoms with Crippen molar-refractivity contribution in [2.75, 3.05) is 11.9 Å². The number of amides is 1. The van der Waals surface area contributed by atoms with Crippen molar-refractivity contribution in [1.29, 1.82) is 0 Å². The molecule has 1 aromatic heterocycles. The van der Waals surface area contributed by atoms with E-state index in [9.17, 15) is 9.59 Å². The molecule has 4 nitrogen and oxygen atoms in total. The highest BCUT2D eigenvalue weighted by Gasteiger charge is 2.20. The summed E-state index contributed by atoms with van der Waals surface area (Å²) in [6.45, 7) is 5.71. The van der Waals surface area contributed by atoms with Crippen LogP contribution >= 0.6 is 11.3 Å². The summed E-state index contributed by atoms with van der Waals surface area (Å²) in [4.78, 5) is 25.1. The number of thiophene rings is 1. The molecule has 23 heavy (non-hydrogen) atoms. The lowest BCUT2D eigenvalue weighted by atomic mass is 10.1. The summed E-state index contributed by atoms with van der Waals surface area (Å²) >= 11 is 1.42. The van der Waals surface area contributed by atoms with Gasteiger partial charge >= 0.3 is 5.97 Å². The van der Waals surface area contributed by atoms with Crippen LogP contribution < -0.4 is 5.32 Å². The Morgan fingerprint density at radius 2 is 1.91 bits per heavy atom. The van der Waals surface area contributed by atoms with Gasteiger partial charge in [0, 0.05) is 17.2 Å². The first-order chi connectivity index (χ1) is 11.0. The highest BCUT2D eigenvalue weighted by Crippen LogP contribution is 2.31. The smallest absolute Gasteiger partial charge is 0.341 e. The van der Waals surface area contributed by atoms with E-state index in [4.69, 9.17) is 4.74 Å². The van der Waals surface area contributed by atoms with Crippen LogP contribution in [-0.4, -0.2) is 18.5 Å². The summed E-state index contributed by atoms with van der Waals surface area (Å²) in [5.74, 6) is -0.657. The predicted octanol–water partition coefficient (Wildman–Crippen LogP) is 4.11. The average Bonchev–Trinajstić information content (AvgIpc) is 2.91. The molecule has 2 aromatic rings. The van der Waals surface area contributed by atoms with E-state index < -0.39 is 5.97 Å². The van der Waals surface area contributed by atoms with Crippen molar-refractivity contribution in [3.8, 4) is 0 Å². The Hall–Kier alpha value is -2.14. The standard InChI is InChI=1S/C18H21NO3S/c1-4-22-18(21)15-11-14(10-13-8-6-5-7-9-13)23-17(15)19-16(20)12(2)3/h5-9,11-12H,4,10H2,1-3H3,(H,19,20). The van der Waals surface area contributed by atoms with Crippen LogP contribution in [-0.2, 0) is 16.0 Å². The number of carbonyl (C=O) groups excluding carboxylic acids is 2. The number of anilines is 1. The molecule has 0 radical (unpaired) electrons. The minimum atomic E-state index is -0.401. The van der Waals surface area contributed by atoms with Crippen molar-refractivity contribution < 1.29 is 14.3 Å². The highest BCUT2D eigenvalue weighted by atomic mass is 32.1. The molecular formula is C18H21NO3S. The van der Waals surface area contributed by atoms with Gasteiger partial charge in [0.05, 0.1) is 12.2 Å². The molecule has 0 aliphatic carbocycles. The lowest BCUT2D eigenvalue weighted by Gasteiger charge is -2.07. The van der Waals surface area contributed by atoms with Gasteiger partial charge in [0.15, 0.2) is 0 Å². The van der Waals surface area contributed by atoms with Crippen LogP contribution in [0.4, 0.5) is 5.00 Å². The zero-order chi connectivity index (χ0) is 16.8. The van der Waals surface area contributed by atoms with E-state index >= 15 is 0 Å². The molecule has 122 valence electrons. The normalized spacial score (nSPS) is 10.6. The highest BCUT2D eigenvalue weighted by molar-refractivity contribution is 7.16. The van der Waals surface area contributed by atoms with Gasteiger partial charge < -0.3 is 10.1 Å². The predicted molar refractivity (Wildman–Crippen MR) is 93.0 cm³/mol. The van der Waals surface area contributed by atoms with Crippen molar-refractivity contribution in [3.05, 3.63) is 52.4 Å². The topological polar surface area (TPSA) is 55.4 Å². The Morgan fingerprint density at radius 1 is 1.22 bits per heavy atom. The second-order valence-electron chi connectivity index (χ2n) is 5.48. The Kier molecular flexibility index (Phi) is 5.93. The molecule has 0 saturated heterocycles. The maximum absolute atomic E-state index is 12.1. The Labute approximate surface area is 140 Å². The maximum atomic E-state index is 12.1. The van der Waals surface area contributed by atoms with Crippen LogP contribution in [0.5, 0.6) is 0 Å². The third kappa shape index (κ3) is 4.66. The summed E-state index contributed by atoms with van der Waals surface area (Å²) < 4.78 is 5.09. The van der Waals surface area contributed by atoms with Crippen LogP contribution in [0.2, 0.25) is 0 Å². The fourth-order valence-electron chi connectivity index (χ4n) is 2.04. The summed E-state index contributed by atoms with van der Waals surface area (Å²) in [5, 5.41) is 3.40. The Balaban J connectivity index is 2.27. The summed E-state index contributed by atoms with van der Waals surface area (Å²) in [5.41, 5.74) is 1.59. The molecular weight excluding hydrogens is 310 g/mol. The zero-order valence-corrected chi connectivity index (χ0v) is 14.4. The van der Waals surface area contributed by atoms with Gasteiger partial charge in [0.25, 0.3) is 0 Å². The first kappa shape index (κ1) is 17.2. The Bertz CT molecular complexity index is 677. The van der Waals surface area contributed by atoms with Crippen molar-refractivity contribution in [3.63, 3.8) is 0 Å². The third-order valence-corrected chi connectivity index (χ3v) is 4.31. The molecule has 0 spiro atoms. The number of esters is 1. The van der Waals surface area contributed by atoms with E-state index in [2.05, 4.69) is 5.32 Å². The maximum Gasteiger partial charge on any atom is 0.341 e. The molecule has 0 aliphatic heterocycles. The molecule has 1 amide bonds. The molecule has 1 heterocycles. The summed E-state index contributed by atoms with van der Waals surface area (Å²) in [6, 6.07) is 11.8. The van der Waals surface area contributed by atoms with Crippen LogP contribution in [0.1, 0.15) is 41.6 Å². The Morgan fingerprint density at radius 3 is 2.52 bits per heavy atom. The van der Waals surface area contributed by atoms with Crippen molar-refractivity contribution in [2.45, 2.75) is 27.2 Å². The van der Waals surface area contributed by atoms with Gasteiger partial charge in [-0.3, -0.25) is 4.79 Å². The quantitative estimate of drug-likeness (QED) is 0.811. The molecule has 1 aromatic carbocycles. The molecule has 0 atom stereocenters. The van der Waals surface area contributed by atoms with E-state index in [0.717, 1.165) is 16.9 Å². The lowest BCUT2D eigenvalue weighted by molar-refractivity contribution is -0.118. The van der Waals surface area contributed by atoms with Crippen molar-refractivity contribution >= 4 is 28.2 Å². The van der Waals surface area contributed by atoms with Crippen LogP contribution in [0, 0.1) is 5.92 Å². The van der Waals surface area contributed by atoms with E-state index in [1.54, 1.807) is 6.92 Å². The summed E-state index contributed by atoms with van der Waals surface area (Å²) in [6.07, 6.45) is 0.718. The number of rotatable bonds is 6. The number of benzene rings is 1. The zero-order valence-electron chi connectivity index (χ0n) is 13.6. The van der Waals surface area contributed by atoms with Gasteiger partial charge in [-0.05, 0) is 18.6 Å². The average molecular weight is 331 g/mol. The van der Waals surface area contributed by atoms with Gasteiger partial charge in [0.1, 0.15) is 5.00 Å². The van der Waals surface area contributed by atoms with Gasteiger partial charge in [-0.2, -0.15) is 0 Å². The minimum absolute atomic E-state index is 0.108. The SMILES string of the molecule is CCOC(=O)c1cc(Cc2ccccc2)sc1NC(=O)C(C)C. The lowest BCUT2D eigenvalue weighted by Crippen LogP contribution is -2.18. The second kappa shape index (κ2) is 7.92. The number of nitrogens with one attached hydrogen (secondary N) is 1. The van der Waals surface area contributed by atoms with Gasteiger partial charge in [0.2, 0.25) is 5.91 Å². The van der Waals surface area contributed by atoms with Crippen LogP contribution in [0.15, 0.2) is 36.4 Å². The monoisotopic (exact) mass is 331 g/mol. The van der Waals surface area contributed by atoms with Gasteiger partial charge in [-0.1, -0.05) is 44.2 Å². The minimum Gasteiger partial charge on any atom is -0.462 e. The van der Waals surface area contributed by atoms with Crippen LogP contribution in [0.25, 0.3) is 0 Å². The van der Waals surface area contributed by atoms with Crippen molar-refractivity contribution in [1.82, 2.24) is 0 Å². The molecule has 0 bridgehead atoms. The molecule has 0 fully saturated rings. The molecule has 1 N–H and O–H groups in total. The number of hydrogen-bond donors (Lipinski definition) is 1. The first-order valence-electron chi connectivity index (χ1n) is 7.65. The van der Waals surface area contributed by atoms with E-state index in [0.29, 0.717) is 17.2 Å². The van der Waals surface area contributed by atoms with E-state index in [-0.39, 0.29) is 11.8 Å². The number of carbonyl (C=O) groups is 2. The molecule has 5 heteroatoms. The second-order valence-corrected chi connectivity index (χ2v) is 6.62. The van der Waals surface area contributed by atoms with Crippen molar-refractivity contribution in [2.24, 2.45) is 5.92 Å². The van der Waals surface area contributed by atoms with Gasteiger partial charge in [-0.25, -0.2) is 4.79 Å². The molecule has 0 unspecified atom stereocenters. The van der Waals surface area contributed by atoms with Gasteiger partial charge in [-0.15, -0.1) is 11.3 Å². The summed E-state index contributed by atoms with van der Waals surface area (Å²) in [7, 11) is 0. The largest absolute Gasteiger partial charge is 0.462 e. The fourth-order valence-corrected chi connectivity index (χ4v) is 3.12. The number of hydrogen-bond acceptors (Lipinski definition) is 4. The van der Waals surface area contributed by atoms with Crippen LogP contribution in [0.3, 0.4) is 0 Å². The molecule has 0 saturated carbocycles.